The van der Waals surface area contributed by atoms with Crippen LogP contribution in [0, 0.1) is 0 Å². The maximum absolute atomic E-state index is 11.5. The van der Waals surface area contributed by atoms with Crippen LogP contribution in [0.25, 0.3) is 0 Å². The van der Waals surface area contributed by atoms with Crippen molar-refractivity contribution in [2.75, 3.05) is 33.7 Å². The minimum atomic E-state index is -0.295. The van der Waals surface area contributed by atoms with Gasteiger partial charge in [0.25, 0.3) is 5.91 Å². The zero-order valence-corrected chi connectivity index (χ0v) is 11.0. The summed E-state index contributed by atoms with van der Waals surface area (Å²) in [5.74, 6) is 0.970. The molecule has 0 spiro atoms. The Labute approximate surface area is 115 Å². The summed E-state index contributed by atoms with van der Waals surface area (Å²) in [6, 6.07) is 3.06. The molecule has 1 aromatic rings. The highest BCUT2D eigenvalue weighted by Crippen LogP contribution is 2.37. The predicted molar refractivity (Wildman–Crippen MR) is 68.3 cm³/mol. The SMILES string of the molecule is COCCNC(=O)COc1cc2c(cc1C=O)OCO2. The third kappa shape index (κ3) is 3.39. The van der Waals surface area contributed by atoms with Gasteiger partial charge in [0, 0.05) is 19.7 Å². The summed E-state index contributed by atoms with van der Waals surface area (Å²) in [4.78, 5) is 22.5. The summed E-state index contributed by atoms with van der Waals surface area (Å²) in [6.07, 6.45) is 0.639. The van der Waals surface area contributed by atoms with Crippen LogP contribution in [-0.2, 0) is 9.53 Å². The average molecular weight is 281 g/mol. The molecular weight excluding hydrogens is 266 g/mol. The minimum Gasteiger partial charge on any atom is -0.483 e. The topological polar surface area (TPSA) is 83.1 Å². The van der Waals surface area contributed by atoms with Crippen molar-refractivity contribution in [2.45, 2.75) is 0 Å². The van der Waals surface area contributed by atoms with E-state index >= 15 is 0 Å². The van der Waals surface area contributed by atoms with E-state index in [1.165, 1.54) is 12.1 Å². The van der Waals surface area contributed by atoms with Gasteiger partial charge in [-0.3, -0.25) is 9.59 Å². The smallest absolute Gasteiger partial charge is 0.258 e. The lowest BCUT2D eigenvalue weighted by Gasteiger charge is -2.09. The van der Waals surface area contributed by atoms with Gasteiger partial charge in [-0.25, -0.2) is 0 Å². The van der Waals surface area contributed by atoms with Crippen LogP contribution in [0.5, 0.6) is 17.2 Å². The number of hydrogen-bond donors (Lipinski definition) is 1. The first kappa shape index (κ1) is 14.1. The molecule has 0 saturated carbocycles. The number of carbonyl (C=O) groups is 2. The molecule has 1 amide bonds. The van der Waals surface area contributed by atoms with Crippen molar-refractivity contribution in [1.29, 1.82) is 0 Å². The van der Waals surface area contributed by atoms with Gasteiger partial charge in [-0.2, -0.15) is 0 Å². The first-order chi connectivity index (χ1) is 9.74. The number of aldehydes is 1. The van der Waals surface area contributed by atoms with E-state index in [-0.39, 0.29) is 25.1 Å². The quantitative estimate of drug-likeness (QED) is 0.574. The molecule has 7 nitrogen and oxygen atoms in total. The molecule has 2 rings (SSSR count). The van der Waals surface area contributed by atoms with Gasteiger partial charge in [-0.15, -0.1) is 0 Å². The zero-order valence-electron chi connectivity index (χ0n) is 11.0. The van der Waals surface area contributed by atoms with Gasteiger partial charge < -0.3 is 24.3 Å². The van der Waals surface area contributed by atoms with Gasteiger partial charge >= 0.3 is 0 Å². The van der Waals surface area contributed by atoms with Crippen LogP contribution in [0.4, 0.5) is 0 Å². The van der Waals surface area contributed by atoms with Gasteiger partial charge in [-0.05, 0) is 6.07 Å². The summed E-state index contributed by atoms with van der Waals surface area (Å²) in [5, 5.41) is 2.61. The van der Waals surface area contributed by atoms with E-state index in [2.05, 4.69) is 5.32 Å². The number of nitrogens with one attached hydrogen (secondary N) is 1. The molecule has 0 radical (unpaired) electrons. The third-order valence-corrected chi connectivity index (χ3v) is 2.62. The summed E-state index contributed by atoms with van der Waals surface area (Å²) in [7, 11) is 1.55. The number of ether oxygens (including phenoxy) is 4. The summed E-state index contributed by atoms with van der Waals surface area (Å²) in [6.45, 7) is 0.745. The number of amides is 1. The van der Waals surface area contributed by atoms with E-state index in [0.717, 1.165) is 0 Å². The fourth-order valence-corrected chi connectivity index (χ4v) is 1.64. The largest absolute Gasteiger partial charge is 0.483 e. The van der Waals surface area contributed by atoms with E-state index in [4.69, 9.17) is 18.9 Å². The fourth-order valence-electron chi connectivity index (χ4n) is 1.64. The Morgan fingerprint density at radius 2 is 2.15 bits per heavy atom. The molecule has 20 heavy (non-hydrogen) atoms. The molecule has 1 N–H and O–H groups in total. The second kappa shape index (κ2) is 6.76. The van der Waals surface area contributed by atoms with Gasteiger partial charge in [-0.1, -0.05) is 0 Å². The van der Waals surface area contributed by atoms with Crippen molar-refractivity contribution in [3.05, 3.63) is 17.7 Å². The maximum atomic E-state index is 11.5. The Bertz CT molecular complexity index is 502. The minimum absolute atomic E-state index is 0.106. The predicted octanol–water partition coefficient (Wildman–Crippen LogP) is 0.369. The fraction of sp³-hybridized carbons (Fsp3) is 0.385. The van der Waals surface area contributed by atoms with E-state index in [9.17, 15) is 9.59 Å². The monoisotopic (exact) mass is 281 g/mol. The van der Waals surface area contributed by atoms with E-state index < -0.39 is 0 Å². The van der Waals surface area contributed by atoms with Gasteiger partial charge in [0.05, 0.1) is 12.2 Å². The van der Waals surface area contributed by atoms with Crippen LogP contribution in [-0.4, -0.2) is 45.9 Å². The molecule has 0 unspecified atom stereocenters. The molecule has 0 aromatic heterocycles. The van der Waals surface area contributed by atoms with Gasteiger partial charge in [0.15, 0.2) is 24.4 Å². The Kier molecular flexibility index (Phi) is 4.78. The van der Waals surface area contributed by atoms with E-state index in [1.807, 2.05) is 0 Å². The maximum Gasteiger partial charge on any atom is 0.258 e. The number of rotatable bonds is 7. The molecular formula is C13H15NO6. The lowest BCUT2D eigenvalue weighted by Crippen LogP contribution is -2.31. The van der Waals surface area contributed by atoms with Gasteiger partial charge in [0.2, 0.25) is 6.79 Å². The number of hydrogen-bond acceptors (Lipinski definition) is 6. The van der Waals surface area contributed by atoms with Crippen LogP contribution in [0.3, 0.4) is 0 Å². The molecule has 0 bridgehead atoms. The number of fused-ring (bicyclic) bond motifs is 1. The first-order valence-electron chi connectivity index (χ1n) is 6.02. The highest BCUT2D eigenvalue weighted by Gasteiger charge is 2.18. The Morgan fingerprint density at radius 3 is 2.85 bits per heavy atom. The molecule has 7 heteroatoms. The Balaban J connectivity index is 1.95. The molecule has 1 heterocycles. The molecule has 1 aliphatic heterocycles. The van der Waals surface area contributed by atoms with Crippen LogP contribution < -0.4 is 19.5 Å². The molecule has 0 saturated heterocycles. The summed E-state index contributed by atoms with van der Waals surface area (Å²) >= 11 is 0. The lowest BCUT2D eigenvalue weighted by molar-refractivity contribution is -0.123. The highest BCUT2D eigenvalue weighted by molar-refractivity contribution is 5.82. The Morgan fingerprint density at radius 1 is 1.40 bits per heavy atom. The van der Waals surface area contributed by atoms with Crippen LogP contribution in [0.1, 0.15) is 10.4 Å². The van der Waals surface area contributed by atoms with Crippen molar-refractivity contribution in [1.82, 2.24) is 5.32 Å². The molecule has 1 aliphatic rings. The molecule has 108 valence electrons. The normalized spacial score (nSPS) is 12.1. The first-order valence-corrected chi connectivity index (χ1v) is 6.02. The van der Waals surface area contributed by atoms with Crippen molar-refractivity contribution >= 4 is 12.2 Å². The molecule has 1 aromatic carbocycles. The van der Waals surface area contributed by atoms with Crippen LogP contribution in [0.2, 0.25) is 0 Å². The Hall–Kier alpha value is -2.28. The number of methoxy groups -OCH3 is 1. The van der Waals surface area contributed by atoms with Gasteiger partial charge in [0.1, 0.15) is 5.75 Å². The summed E-state index contributed by atoms with van der Waals surface area (Å²) in [5.41, 5.74) is 0.305. The van der Waals surface area contributed by atoms with Crippen molar-refractivity contribution in [3.63, 3.8) is 0 Å². The molecule has 0 fully saturated rings. The number of benzene rings is 1. The summed E-state index contributed by atoms with van der Waals surface area (Å²) < 4.78 is 20.5. The standard InChI is InChI=1S/C13H15NO6/c1-17-3-2-14-13(16)7-18-10-5-12-11(19-8-20-12)4-9(10)6-15/h4-6H,2-3,7-8H2,1H3,(H,14,16). The second-order valence-corrected chi connectivity index (χ2v) is 3.99. The van der Waals surface area contributed by atoms with Crippen LogP contribution in [0.15, 0.2) is 12.1 Å². The van der Waals surface area contributed by atoms with Crippen molar-refractivity contribution in [3.8, 4) is 17.2 Å². The van der Waals surface area contributed by atoms with Crippen molar-refractivity contribution in [2.24, 2.45) is 0 Å². The zero-order chi connectivity index (χ0) is 14.4. The molecule has 0 atom stereocenters. The lowest BCUT2D eigenvalue weighted by atomic mass is 10.2. The average Bonchev–Trinajstić information content (AvgIpc) is 2.91. The third-order valence-electron chi connectivity index (χ3n) is 2.62. The van der Waals surface area contributed by atoms with Crippen molar-refractivity contribution < 1.29 is 28.5 Å². The number of carbonyl (C=O) groups excluding carboxylic acids is 2. The van der Waals surface area contributed by atoms with Crippen LogP contribution >= 0.6 is 0 Å². The van der Waals surface area contributed by atoms with E-state index in [0.29, 0.717) is 36.5 Å². The van der Waals surface area contributed by atoms with E-state index in [1.54, 1.807) is 7.11 Å². The second-order valence-electron chi connectivity index (χ2n) is 3.99. The molecule has 0 aliphatic carbocycles. The highest BCUT2D eigenvalue weighted by atomic mass is 16.7.